The fourth-order valence-corrected chi connectivity index (χ4v) is 2.93. The molecule has 6 atom stereocenters. The van der Waals surface area contributed by atoms with Crippen molar-refractivity contribution in [2.24, 2.45) is 17.4 Å². The molecule has 0 saturated carbocycles. The maximum Gasteiger partial charge on any atom is 0.326 e. The first-order valence-electron chi connectivity index (χ1n) is 10.7. The van der Waals surface area contributed by atoms with Gasteiger partial charge in [-0.05, 0) is 12.8 Å². The number of nitrogens with two attached hydrogens (primary N) is 2. The highest BCUT2D eigenvalue weighted by Crippen LogP contribution is 2.09. The lowest BCUT2D eigenvalue weighted by Crippen LogP contribution is -2.59. The number of carboxylic acids is 1. The van der Waals surface area contributed by atoms with Crippen LogP contribution in [0.25, 0.3) is 0 Å². The van der Waals surface area contributed by atoms with Gasteiger partial charge in [-0.2, -0.15) is 0 Å². The van der Waals surface area contributed by atoms with E-state index >= 15 is 0 Å². The predicted octanol–water partition coefficient (Wildman–Crippen LogP) is -2.88. The molecule has 0 spiro atoms. The van der Waals surface area contributed by atoms with Crippen molar-refractivity contribution < 1.29 is 34.2 Å². The third-order valence-corrected chi connectivity index (χ3v) is 5.25. The van der Waals surface area contributed by atoms with Crippen LogP contribution in [0, 0.1) is 5.92 Å². The van der Waals surface area contributed by atoms with Crippen LogP contribution < -0.4 is 27.4 Å². The smallest absolute Gasteiger partial charge is 0.326 e. The van der Waals surface area contributed by atoms with Crippen LogP contribution in [0.4, 0.5) is 0 Å². The number of imidazole rings is 1. The van der Waals surface area contributed by atoms with Gasteiger partial charge in [-0.3, -0.25) is 19.2 Å². The van der Waals surface area contributed by atoms with Crippen LogP contribution in [0.5, 0.6) is 0 Å². The first-order chi connectivity index (χ1) is 15.9. The van der Waals surface area contributed by atoms with Crippen molar-refractivity contribution >= 4 is 29.6 Å². The fourth-order valence-electron chi connectivity index (χ4n) is 2.93. The number of primary amides is 1. The van der Waals surface area contributed by atoms with Crippen LogP contribution in [0.3, 0.4) is 0 Å². The van der Waals surface area contributed by atoms with Gasteiger partial charge in [0.2, 0.25) is 23.6 Å². The standard InChI is InChI=1S/C20H33N7O7/c1-4-9(2)16(20(33)34)27-18(31)12(5-11-7-23-8-24-11)25-17(30)13(6-14(21)29)26-19(32)15(22)10(3)28/h7-10,12-13,15-16,28H,4-6,22H2,1-3H3,(H2,21,29)(H,23,24)(H,25,30)(H,26,32)(H,27,31)(H,33,34). The molecule has 4 amide bonds. The molecule has 0 saturated heterocycles. The van der Waals surface area contributed by atoms with Crippen molar-refractivity contribution in [3.05, 3.63) is 18.2 Å². The number of hydrogen-bond donors (Lipinski definition) is 8. The van der Waals surface area contributed by atoms with E-state index in [1.807, 2.05) is 0 Å². The maximum atomic E-state index is 12.9. The van der Waals surface area contributed by atoms with E-state index in [4.69, 9.17) is 11.5 Å². The number of carboxylic acid groups (broad SMARTS) is 1. The number of nitrogens with zero attached hydrogens (tertiary/aromatic N) is 1. The minimum absolute atomic E-state index is 0.0884. The van der Waals surface area contributed by atoms with Gasteiger partial charge in [0.15, 0.2) is 0 Å². The molecule has 0 aliphatic rings. The normalized spacial score (nSPS) is 16.3. The van der Waals surface area contributed by atoms with Crippen molar-refractivity contribution in [1.29, 1.82) is 0 Å². The summed E-state index contributed by atoms with van der Waals surface area (Å²) in [6.45, 7) is 4.70. The fraction of sp³-hybridized carbons (Fsp3) is 0.600. The molecule has 34 heavy (non-hydrogen) atoms. The number of aromatic nitrogens is 2. The van der Waals surface area contributed by atoms with Gasteiger partial charge < -0.3 is 42.6 Å². The molecule has 1 aromatic heterocycles. The number of amides is 4. The van der Waals surface area contributed by atoms with Gasteiger partial charge >= 0.3 is 5.97 Å². The van der Waals surface area contributed by atoms with Crippen molar-refractivity contribution in [2.45, 2.75) is 70.3 Å². The molecule has 1 rings (SSSR count). The van der Waals surface area contributed by atoms with E-state index in [0.717, 1.165) is 0 Å². The predicted molar refractivity (Wildman–Crippen MR) is 119 cm³/mol. The number of aromatic amines is 1. The number of aliphatic hydroxyl groups excluding tert-OH is 1. The largest absolute Gasteiger partial charge is 0.480 e. The van der Waals surface area contributed by atoms with Crippen molar-refractivity contribution in [3.8, 4) is 0 Å². The highest BCUT2D eigenvalue weighted by Gasteiger charge is 2.33. The lowest BCUT2D eigenvalue weighted by molar-refractivity contribution is -0.144. The second kappa shape index (κ2) is 13.3. The highest BCUT2D eigenvalue weighted by molar-refractivity contribution is 5.96. The molecule has 14 nitrogen and oxygen atoms in total. The summed E-state index contributed by atoms with van der Waals surface area (Å²) in [5, 5.41) is 26.0. The zero-order valence-corrected chi connectivity index (χ0v) is 19.3. The van der Waals surface area contributed by atoms with E-state index < -0.39 is 72.2 Å². The summed E-state index contributed by atoms with van der Waals surface area (Å²) in [4.78, 5) is 67.7. The Balaban J connectivity index is 3.11. The molecular weight excluding hydrogens is 450 g/mol. The van der Waals surface area contributed by atoms with Gasteiger partial charge in [-0.1, -0.05) is 20.3 Å². The van der Waals surface area contributed by atoms with E-state index in [-0.39, 0.29) is 6.42 Å². The van der Waals surface area contributed by atoms with Crippen LogP contribution in [-0.4, -0.2) is 80.1 Å². The van der Waals surface area contributed by atoms with Crippen LogP contribution in [0.1, 0.15) is 39.3 Å². The molecule has 0 bridgehead atoms. The quantitative estimate of drug-likeness (QED) is 0.135. The summed E-state index contributed by atoms with van der Waals surface area (Å²) in [6.07, 6.45) is 1.33. The van der Waals surface area contributed by atoms with E-state index in [0.29, 0.717) is 12.1 Å². The number of hydrogen-bond acceptors (Lipinski definition) is 8. The zero-order valence-electron chi connectivity index (χ0n) is 19.3. The van der Waals surface area contributed by atoms with Crippen LogP contribution in [0.2, 0.25) is 0 Å². The van der Waals surface area contributed by atoms with Gasteiger partial charge in [0, 0.05) is 18.3 Å². The minimum atomic E-state index is -1.49. The van der Waals surface area contributed by atoms with Gasteiger partial charge in [-0.25, -0.2) is 9.78 Å². The first-order valence-corrected chi connectivity index (χ1v) is 10.7. The maximum absolute atomic E-state index is 12.9. The first kappa shape index (κ1) is 28.5. The molecule has 0 aliphatic carbocycles. The Kier molecular flexibility index (Phi) is 11.1. The molecule has 0 fully saturated rings. The molecule has 1 aromatic rings. The molecule has 14 heteroatoms. The zero-order chi connectivity index (χ0) is 26.0. The average molecular weight is 484 g/mol. The van der Waals surface area contributed by atoms with Gasteiger partial charge in [0.05, 0.1) is 18.9 Å². The molecule has 0 aliphatic heterocycles. The third kappa shape index (κ3) is 8.78. The van der Waals surface area contributed by atoms with Crippen molar-refractivity contribution in [2.75, 3.05) is 0 Å². The van der Waals surface area contributed by atoms with Crippen LogP contribution in [0.15, 0.2) is 12.5 Å². The van der Waals surface area contributed by atoms with Gasteiger partial charge in [-0.15, -0.1) is 0 Å². The van der Waals surface area contributed by atoms with E-state index in [1.54, 1.807) is 13.8 Å². The van der Waals surface area contributed by atoms with Crippen molar-refractivity contribution in [1.82, 2.24) is 25.9 Å². The Labute approximate surface area is 196 Å². The Morgan fingerprint density at radius 1 is 1.06 bits per heavy atom. The van der Waals surface area contributed by atoms with E-state index in [1.165, 1.54) is 19.4 Å². The molecule has 6 unspecified atom stereocenters. The number of aliphatic hydroxyl groups is 1. The topological polar surface area (TPSA) is 243 Å². The molecule has 10 N–H and O–H groups in total. The summed E-state index contributed by atoms with van der Waals surface area (Å²) in [6, 6.07) is -5.35. The van der Waals surface area contributed by atoms with Crippen LogP contribution >= 0.6 is 0 Å². The Bertz CT molecular complexity index is 859. The second-order valence-corrected chi connectivity index (χ2v) is 8.05. The third-order valence-electron chi connectivity index (χ3n) is 5.25. The minimum Gasteiger partial charge on any atom is -0.480 e. The van der Waals surface area contributed by atoms with Gasteiger partial charge in [0.1, 0.15) is 24.2 Å². The number of rotatable bonds is 14. The summed E-state index contributed by atoms with van der Waals surface area (Å²) in [5.74, 6) is -5.17. The molecule has 1 heterocycles. The molecule has 0 aromatic carbocycles. The van der Waals surface area contributed by atoms with Gasteiger partial charge in [0.25, 0.3) is 0 Å². The molecular formula is C20H33N7O7. The second-order valence-electron chi connectivity index (χ2n) is 8.05. The molecule has 190 valence electrons. The lowest BCUT2D eigenvalue weighted by atomic mass is 9.98. The summed E-state index contributed by atoms with van der Waals surface area (Å²) >= 11 is 0. The van der Waals surface area contributed by atoms with Crippen LogP contribution in [-0.2, 0) is 30.4 Å². The molecule has 0 radical (unpaired) electrons. The Morgan fingerprint density at radius 2 is 1.65 bits per heavy atom. The lowest BCUT2D eigenvalue weighted by Gasteiger charge is -2.26. The average Bonchev–Trinajstić information content (AvgIpc) is 3.27. The Morgan fingerprint density at radius 3 is 2.12 bits per heavy atom. The Hall–Kier alpha value is -3.52. The van der Waals surface area contributed by atoms with Crippen molar-refractivity contribution in [3.63, 3.8) is 0 Å². The number of nitrogens with one attached hydrogen (secondary N) is 4. The number of aliphatic carboxylic acids is 1. The monoisotopic (exact) mass is 483 g/mol. The summed E-state index contributed by atoms with van der Waals surface area (Å²) in [7, 11) is 0. The number of H-pyrrole nitrogens is 1. The number of carbonyl (C=O) groups is 5. The van der Waals surface area contributed by atoms with E-state index in [2.05, 4.69) is 25.9 Å². The number of carbonyl (C=O) groups excluding carboxylic acids is 4. The SMILES string of the molecule is CCC(C)C(NC(=O)C(Cc1cnc[nH]1)NC(=O)C(CC(N)=O)NC(=O)C(N)C(C)O)C(=O)O. The van der Waals surface area contributed by atoms with E-state index in [9.17, 15) is 34.2 Å². The summed E-state index contributed by atoms with van der Waals surface area (Å²) < 4.78 is 0. The summed E-state index contributed by atoms with van der Waals surface area (Å²) in [5.41, 5.74) is 11.2. The highest BCUT2D eigenvalue weighted by atomic mass is 16.4.